The van der Waals surface area contributed by atoms with E-state index in [4.69, 9.17) is 4.74 Å². The number of nitrogens with zero attached hydrogens (tertiary/aromatic N) is 2. The van der Waals surface area contributed by atoms with Crippen molar-refractivity contribution in [1.82, 2.24) is 15.2 Å². The number of thioether (sulfide) groups is 2. The molecule has 0 bridgehead atoms. The third-order valence-electron chi connectivity index (χ3n) is 7.27. The van der Waals surface area contributed by atoms with Crippen molar-refractivity contribution in [3.05, 3.63) is 53.7 Å². The van der Waals surface area contributed by atoms with Gasteiger partial charge in [-0.15, -0.1) is 23.5 Å². The zero-order chi connectivity index (χ0) is 24.6. The second-order valence-electron chi connectivity index (χ2n) is 9.48. The largest absolute Gasteiger partial charge is 0.497 e. The first-order valence-electron chi connectivity index (χ1n) is 12.3. The van der Waals surface area contributed by atoms with Crippen LogP contribution in [0.25, 0.3) is 10.9 Å². The van der Waals surface area contributed by atoms with Gasteiger partial charge in [0.25, 0.3) is 5.91 Å². The van der Waals surface area contributed by atoms with E-state index in [0.29, 0.717) is 17.4 Å². The molecule has 6 rings (SSSR count). The molecule has 3 aromatic rings. The Kier molecular flexibility index (Phi) is 6.54. The molecule has 0 aliphatic carbocycles. The zero-order valence-electron chi connectivity index (χ0n) is 20.1. The number of methoxy groups -OCH3 is 1. The summed E-state index contributed by atoms with van der Waals surface area (Å²) in [6.45, 7) is 1.93. The van der Waals surface area contributed by atoms with Gasteiger partial charge in [0.05, 0.1) is 24.1 Å². The van der Waals surface area contributed by atoms with Crippen molar-refractivity contribution in [1.29, 1.82) is 0 Å². The lowest BCUT2D eigenvalue weighted by Crippen LogP contribution is -2.49. The predicted octanol–water partition coefficient (Wildman–Crippen LogP) is 4.20. The van der Waals surface area contributed by atoms with E-state index < -0.39 is 0 Å². The first-order valence-corrected chi connectivity index (χ1v) is 14.2. The summed E-state index contributed by atoms with van der Waals surface area (Å²) in [5.74, 6) is 2.24. The number of hydrogen-bond acceptors (Lipinski definition) is 7. The number of rotatable bonds is 4. The van der Waals surface area contributed by atoms with Crippen LogP contribution in [-0.4, -0.2) is 65.5 Å². The number of likely N-dealkylation sites (tertiary alicyclic amines) is 1. The fourth-order valence-corrected chi connectivity index (χ4v) is 7.27. The number of carbonyl (C=O) groups excluding carboxylic acids is 2. The number of anilines is 1. The molecule has 1 saturated heterocycles. The Bertz CT molecular complexity index is 1330. The number of fused-ring (bicyclic) bond motifs is 4. The van der Waals surface area contributed by atoms with Gasteiger partial charge in [0.2, 0.25) is 5.91 Å². The van der Waals surface area contributed by atoms with Gasteiger partial charge in [-0.2, -0.15) is 0 Å². The van der Waals surface area contributed by atoms with E-state index in [-0.39, 0.29) is 17.9 Å². The summed E-state index contributed by atoms with van der Waals surface area (Å²) in [5.41, 5.74) is 3.70. The van der Waals surface area contributed by atoms with E-state index >= 15 is 0 Å². The van der Waals surface area contributed by atoms with E-state index in [1.54, 1.807) is 13.2 Å². The molecule has 2 N–H and O–H groups in total. The highest BCUT2D eigenvalue weighted by Crippen LogP contribution is 2.37. The van der Waals surface area contributed by atoms with Crippen molar-refractivity contribution < 1.29 is 14.3 Å². The molecular formula is C27H28N4O3S2. The van der Waals surface area contributed by atoms with Gasteiger partial charge in [-0.25, -0.2) is 0 Å². The summed E-state index contributed by atoms with van der Waals surface area (Å²) < 4.78 is 5.46. The molecule has 186 valence electrons. The molecule has 1 fully saturated rings. The quantitative estimate of drug-likeness (QED) is 0.534. The zero-order valence-corrected chi connectivity index (χ0v) is 21.7. The molecule has 1 atom stereocenters. The number of ether oxygens (including phenoxy) is 1. The van der Waals surface area contributed by atoms with Gasteiger partial charge in [-0.1, -0.05) is 0 Å². The molecule has 36 heavy (non-hydrogen) atoms. The van der Waals surface area contributed by atoms with Crippen LogP contribution in [-0.2, 0) is 11.2 Å². The Morgan fingerprint density at radius 1 is 1.14 bits per heavy atom. The van der Waals surface area contributed by atoms with E-state index in [1.807, 2.05) is 42.2 Å². The Morgan fingerprint density at radius 3 is 2.83 bits per heavy atom. The van der Waals surface area contributed by atoms with Gasteiger partial charge in [0.15, 0.2) is 0 Å². The monoisotopic (exact) mass is 520 g/mol. The summed E-state index contributed by atoms with van der Waals surface area (Å²) in [6, 6.07) is 12.3. The lowest BCUT2D eigenvalue weighted by atomic mass is 9.97. The molecule has 9 heteroatoms. The van der Waals surface area contributed by atoms with Gasteiger partial charge in [0.1, 0.15) is 5.75 Å². The van der Waals surface area contributed by atoms with Gasteiger partial charge in [-0.3, -0.25) is 19.5 Å². The van der Waals surface area contributed by atoms with Gasteiger partial charge < -0.3 is 15.4 Å². The highest BCUT2D eigenvalue weighted by atomic mass is 32.2. The number of carbonyl (C=O) groups is 2. The fraction of sp³-hybridized carbons (Fsp3) is 0.370. The third-order valence-corrected chi connectivity index (χ3v) is 9.56. The summed E-state index contributed by atoms with van der Waals surface area (Å²) in [6.07, 6.45) is 4.88. The minimum atomic E-state index is -0.0730. The smallest absolute Gasteiger partial charge is 0.251 e. The number of hydrogen-bond donors (Lipinski definition) is 2. The Morgan fingerprint density at radius 2 is 2.00 bits per heavy atom. The van der Waals surface area contributed by atoms with Crippen LogP contribution >= 0.6 is 23.5 Å². The molecule has 0 saturated carbocycles. The van der Waals surface area contributed by atoms with Crippen LogP contribution in [0.15, 0.2) is 52.4 Å². The summed E-state index contributed by atoms with van der Waals surface area (Å²) in [4.78, 5) is 34.1. The normalized spacial score (nSPS) is 20.4. The molecule has 7 nitrogen and oxygen atoms in total. The topological polar surface area (TPSA) is 83.6 Å². The van der Waals surface area contributed by atoms with Crippen molar-refractivity contribution in [2.45, 2.75) is 41.1 Å². The van der Waals surface area contributed by atoms with Crippen LogP contribution < -0.4 is 15.4 Å². The number of piperidine rings is 1. The van der Waals surface area contributed by atoms with Gasteiger partial charge in [0, 0.05) is 57.9 Å². The molecule has 2 amide bonds. The van der Waals surface area contributed by atoms with E-state index in [9.17, 15) is 9.59 Å². The first-order chi connectivity index (χ1) is 17.6. The Balaban J connectivity index is 1.09. The summed E-state index contributed by atoms with van der Waals surface area (Å²) >= 11 is 3.40. The predicted molar refractivity (Wildman–Crippen MR) is 144 cm³/mol. The standard InChI is InChI=1S/C27H28N4O3S2/c1-34-19-3-4-22-20(12-19)21-11-18(14-35-25(21)13-28-22)31-8-6-17(7-9-31)29-27(33)16-2-5-24-23(10-16)30-26(32)15-36-24/h2-5,10,12-13,17-18H,6-9,11,14-15H2,1H3,(H,29,33)(H,30,32). The molecule has 4 heterocycles. The summed E-state index contributed by atoms with van der Waals surface area (Å²) in [7, 11) is 1.70. The first kappa shape index (κ1) is 23.6. The maximum absolute atomic E-state index is 12.9. The SMILES string of the molecule is COc1ccc2ncc3c(c2c1)CC(N1CCC(NC(=O)c2ccc4c(c2)NC(=O)CS4)CC1)CS3. The molecule has 1 aromatic heterocycles. The second-order valence-corrected chi connectivity index (χ2v) is 11.6. The fourth-order valence-electron chi connectivity index (χ4n) is 5.29. The van der Waals surface area contributed by atoms with E-state index in [1.165, 1.54) is 27.6 Å². The van der Waals surface area contributed by atoms with E-state index in [2.05, 4.69) is 26.6 Å². The van der Waals surface area contributed by atoms with Crippen molar-refractivity contribution in [3.8, 4) is 5.75 Å². The number of amides is 2. The average molecular weight is 521 g/mol. The van der Waals surface area contributed by atoms with Crippen molar-refractivity contribution in [2.24, 2.45) is 0 Å². The van der Waals surface area contributed by atoms with Crippen molar-refractivity contribution in [3.63, 3.8) is 0 Å². The third kappa shape index (κ3) is 4.67. The van der Waals surface area contributed by atoms with Gasteiger partial charge in [-0.05, 0) is 61.2 Å². The number of aromatic nitrogens is 1. The molecule has 0 spiro atoms. The maximum atomic E-state index is 12.9. The maximum Gasteiger partial charge on any atom is 0.251 e. The van der Waals surface area contributed by atoms with Gasteiger partial charge >= 0.3 is 0 Å². The number of pyridine rings is 1. The van der Waals surface area contributed by atoms with Crippen molar-refractivity contribution >= 4 is 51.9 Å². The lowest BCUT2D eigenvalue weighted by Gasteiger charge is -2.39. The minimum Gasteiger partial charge on any atom is -0.497 e. The molecule has 1 unspecified atom stereocenters. The number of benzene rings is 2. The molecular weight excluding hydrogens is 492 g/mol. The molecule has 3 aliphatic rings. The molecule has 2 aromatic carbocycles. The second kappa shape index (κ2) is 9.95. The lowest BCUT2D eigenvalue weighted by molar-refractivity contribution is -0.113. The minimum absolute atomic E-state index is 0.0238. The number of nitrogens with one attached hydrogen (secondary N) is 2. The van der Waals surface area contributed by atoms with Crippen LogP contribution in [0.1, 0.15) is 28.8 Å². The Labute approximate surface area is 218 Å². The van der Waals surface area contributed by atoms with Crippen LogP contribution in [0.2, 0.25) is 0 Å². The summed E-state index contributed by atoms with van der Waals surface area (Å²) in [5, 5.41) is 7.27. The van der Waals surface area contributed by atoms with E-state index in [0.717, 1.165) is 60.0 Å². The van der Waals surface area contributed by atoms with Crippen molar-refractivity contribution in [2.75, 3.05) is 37.0 Å². The molecule has 0 radical (unpaired) electrons. The van der Waals surface area contributed by atoms with Crippen LogP contribution in [0, 0.1) is 0 Å². The Hall–Kier alpha value is -2.75. The highest BCUT2D eigenvalue weighted by Gasteiger charge is 2.30. The van der Waals surface area contributed by atoms with Crippen LogP contribution in [0.3, 0.4) is 0 Å². The van der Waals surface area contributed by atoms with Crippen LogP contribution in [0.4, 0.5) is 5.69 Å². The van der Waals surface area contributed by atoms with Crippen LogP contribution in [0.5, 0.6) is 5.75 Å². The highest BCUT2D eigenvalue weighted by molar-refractivity contribution is 8.00. The average Bonchev–Trinajstić information content (AvgIpc) is 2.92. The molecule has 3 aliphatic heterocycles.